The van der Waals surface area contributed by atoms with Crippen LogP contribution in [0.3, 0.4) is 0 Å². The van der Waals surface area contributed by atoms with Gasteiger partial charge in [0.05, 0.1) is 6.54 Å². The zero-order valence-corrected chi connectivity index (χ0v) is 19.8. The fraction of sp³-hybridized carbons (Fsp3) is 0.750. The van der Waals surface area contributed by atoms with Gasteiger partial charge in [0, 0.05) is 59.2 Å². The summed E-state index contributed by atoms with van der Waals surface area (Å²) in [6, 6.07) is 4.31. The quantitative estimate of drug-likeness (QED) is 0.440. The molecule has 2 fully saturated rings. The second-order valence-corrected chi connectivity index (χ2v) is 8.94. The predicted octanol–water partition coefficient (Wildman–Crippen LogP) is 2.88. The normalized spacial score (nSPS) is 19.6. The Morgan fingerprint density at radius 2 is 1.90 bits per heavy atom. The van der Waals surface area contributed by atoms with E-state index in [1.165, 1.54) is 25.7 Å². The van der Waals surface area contributed by atoms with Crippen molar-refractivity contribution in [2.45, 2.75) is 52.5 Å². The smallest absolute Gasteiger partial charge is 0.191 e. The lowest BCUT2D eigenvalue weighted by Gasteiger charge is -2.34. The third-order valence-corrected chi connectivity index (χ3v) is 6.85. The number of pyridine rings is 1. The van der Waals surface area contributed by atoms with Crippen molar-refractivity contribution in [2.24, 2.45) is 10.4 Å². The van der Waals surface area contributed by atoms with Crippen LogP contribution in [0.1, 0.15) is 51.5 Å². The molecule has 2 aliphatic rings. The highest BCUT2D eigenvalue weighted by Crippen LogP contribution is 2.40. The van der Waals surface area contributed by atoms with Crippen LogP contribution in [0.4, 0.5) is 5.82 Å². The van der Waals surface area contributed by atoms with E-state index in [4.69, 9.17) is 14.7 Å². The van der Waals surface area contributed by atoms with Crippen LogP contribution in [0.15, 0.2) is 23.3 Å². The van der Waals surface area contributed by atoms with E-state index in [2.05, 4.69) is 46.4 Å². The van der Waals surface area contributed by atoms with Crippen LogP contribution in [0.25, 0.3) is 0 Å². The van der Waals surface area contributed by atoms with Crippen LogP contribution in [0.5, 0.6) is 0 Å². The molecule has 1 saturated carbocycles. The number of guanidine groups is 1. The number of methoxy groups -OCH3 is 1. The molecule has 31 heavy (non-hydrogen) atoms. The number of ether oxygens (including phenoxy) is 1. The van der Waals surface area contributed by atoms with Gasteiger partial charge in [-0.3, -0.25) is 0 Å². The molecule has 2 N–H and O–H groups in total. The Hall–Kier alpha value is -1.86. The van der Waals surface area contributed by atoms with Crippen LogP contribution >= 0.6 is 0 Å². The number of aromatic nitrogens is 1. The number of aliphatic imine (C=N–C) groups is 1. The van der Waals surface area contributed by atoms with Gasteiger partial charge in [-0.2, -0.15) is 0 Å². The molecule has 1 aromatic rings. The molecule has 1 saturated heterocycles. The largest absolute Gasteiger partial charge is 0.385 e. The van der Waals surface area contributed by atoms with Gasteiger partial charge in [0.25, 0.3) is 0 Å². The predicted molar refractivity (Wildman–Crippen MR) is 129 cm³/mol. The lowest BCUT2D eigenvalue weighted by atomic mass is 9.83. The molecule has 0 aromatic carbocycles. The fourth-order valence-corrected chi connectivity index (χ4v) is 4.73. The van der Waals surface area contributed by atoms with Crippen molar-refractivity contribution >= 4 is 11.8 Å². The van der Waals surface area contributed by atoms with E-state index in [-0.39, 0.29) is 0 Å². The first-order chi connectivity index (χ1) is 15.2. The lowest BCUT2D eigenvalue weighted by molar-refractivity contribution is 0.138. The molecule has 7 heteroatoms. The first-order valence-electron chi connectivity index (χ1n) is 12.1. The van der Waals surface area contributed by atoms with Gasteiger partial charge < -0.3 is 25.2 Å². The molecule has 1 aliphatic carbocycles. The number of hydrogen-bond acceptors (Lipinski definition) is 5. The van der Waals surface area contributed by atoms with Gasteiger partial charge in [-0.25, -0.2) is 9.98 Å². The third kappa shape index (κ3) is 7.07. The molecule has 0 unspecified atom stereocenters. The summed E-state index contributed by atoms with van der Waals surface area (Å²) in [6.45, 7) is 13.1. The molecule has 0 spiro atoms. The highest BCUT2D eigenvalue weighted by Gasteiger charge is 2.33. The Morgan fingerprint density at radius 1 is 1.13 bits per heavy atom. The van der Waals surface area contributed by atoms with Crippen molar-refractivity contribution in [1.82, 2.24) is 20.5 Å². The van der Waals surface area contributed by atoms with Crippen LogP contribution in [0, 0.1) is 5.41 Å². The van der Waals surface area contributed by atoms with E-state index in [1.807, 2.05) is 6.20 Å². The summed E-state index contributed by atoms with van der Waals surface area (Å²) in [5.74, 6) is 1.97. The summed E-state index contributed by atoms with van der Waals surface area (Å²) in [4.78, 5) is 14.4. The van der Waals surface area contributed by atoms with Crippen LogP contribution in [-0.4, -0.2) is 75.4 Å². The van der Waals surface area contributed by atoms with Gasteiger partial charge in [0.15, 0.2) is 5.96 Å². The molecule has 0 radical (unpaired) electrons. The Morgan fingerprint density at radius 3 is 2.52 bits per heavy atom. The van der Waals surface area contributed by atoms with Crippen molar-refractivity contribution in [3.05, 3.63) is 23.9 Å². The zero-order valence-electron chi connectivity index (χ0n) is 19.8. The maximum absolute atomic E-state index is 5.37. The summed E-state index contributed by atoms with van der Waals surface area (Å²) in [6.07, 6.45) is 8.30. The number of hydrogen-bond donors (Lipinski definition) is 2. The SMILES string of the molecule is CCNC(=NCc1ccc(N2CCN(CC)CC2)nc1)NCC1(CCOC)CCCC1. The van der Waals surface area contributed by atoms with Gasteiger partial charge in [0.2, 0.25) is 0 Å². The van der Waals surface area contributed by atoms with Gasteiger partial charge in [-0.05, 0) is 49.8 Å². The minimum Gasteiger partial charge on any atom is -0.385 e. The molecule has 0 atom stereocenters. The summed E-state index contributed by atoms with van der Waals surface area (Å²) in [7, 11) is 1.80. The topological polar surface area (TPSA) is 65.0 Å². The van der Waals surface area contributed by atoms with Crippen molar-refractivity contribution in [1.29, 1.82) is 0 Å². The summed E-state index contributed by atoms with van der Waals surface area (Å²) in [5, 5.41) is 7.00. The third-order valence-electron chi connectivity index (χ3n) is 6.85. The van der Waals surface area contributed by atoms with E-state index >= 15 is 0 Å². The Balaban J connectivity index is 1.53. The molecular weight excluding hydrogens is 388 g/mol. The number of piperazine rings is 1. The molecule has 1 aliphatic heterocycles. The highest BCUT2D eigenvalue weighted by atomic mass is 16.5. The van der Waals surface area contributed by atoms with Crippen molar-refractivity contribution in [2.75, 3.05) is 64.4 Å². The van der Waals surface area contributed by atoms with Gasteiger partial charge in [-0.15, -0.1) is 0 Å². The number of nitrogens with one attached hydrogen (secondary N) is 2. The maximum Gasteiger partial charge on any atom is 0.191 e. The average Bonchev–Trinajstić information content (AvgIpc) is 3.29. The number of rotatable bonds is 10. The summed E-state index contributed by atoms with van der Waals surface area (Å²) >= 11 is 0. The molecule has 2 heterocycles. The van der Waals surface area contributed by atoms with E-state index in [9.17, 15) is 0 Å². The Bertz CT molecular complexity index is 663. The van der Waals surface area contributed by atoms with E-state index in [0.717, 1.165) is 76.2 Å². The second kappa shape index (κ2) is 12.2. The number of likely N-dealkylation sites (N-methyl/N-ethyl adjacent to an activating group) is 1. The monoisotopic (exact) mass is 430 g/mol. The second-order valence-electron chi connectivity index (χ2n) is 8.94. The molecule has 174 valence electrons. The van der Waals surface area contributed by atoms with Crippen molar-refractivity contribution < 1.29 is 4.74 Å². The van der Waals surface area contributed by atoms with Gasteiger partial charge in [0.1, 0.15) is 5.82 Å². The first-order valence-corrected chi connectivity index (χ1v) is 12.1. The molecule has 3 rings (SSSR count). The number of anilines is 1. The molecule has 0 bridgehead atoms. The van der Waals surface area contributed by atoms with E-state index in [1.54, 1.807) is 7.11 Å². The zero-order chi connectivity index (χ0) is 21.9. The molecule has 0 amide bonds. The van der Waals surface area contributed by atoms with Crippen LogP contribution in [-0.2, 0) is 11.3 Å². The maximum atomic E-state index is 5.37. The lowest BCUT2D eigenvalue weighted by Crippen LogP contribution is -2.46. The number of nitrogens with zero attached hydrogens (tertiary/aromatic N) is 4. The molecule has 1 aromatic heterocycles. The average molecular weight is 431 g/mol. The first kappa shape index (κ1) is 23.8. The van der Waals surface area contributed by atoms with E-state index in [0.29, 0.717) is 12.0 Å². The Labute approximate surface area is 188 Å². The molecule has 7 nitrogen and oxygen atoms in total. The summed E-state index contributed by atoms with van der Waals surface area (Å²) in [5.41, 5.74) is 1.49. The van der Waals surface area contributed by atoms with Crippen molar-refractivity contribution in [3.8, 4) is 0 Å². The fourth-order valence-electron chi connectivity index (χ4n) is 4.73. The highest BCUT2D eigenvalue weighted by molar-refractivity contribution is 5.79. The van der Waals surface area contributed by atoms with Crippen LogP contribution in [0.2, 0.25) is 0 Å². The minimum absolute atomic E-state index is 0.344. The van der Waals surface area contributed by atoms with Crippen molar-refractivity contribution in [3.63, 3.8) is 0 Å². The van der Waals surface area contributed by atoms with Gasteiger partial charge in [-0.1, -0.05) is 25.8 Å². The van der Waals surface area contributed by atoms with Crippen LogP contribution < -0.4 is 15.5 Å². The molecular formula is C24H42N6O. The van der Waals surface area contributed by atoms with E-state index < -0.39 is 0 Å². The standard InChI is InChI=1S/C24H42N6O/c1-4-25-23(28-20-24(12-17-31-3)10-6-7-11-24)27-19-21-8-9-22(26-18-21)30-15-13-29(5-2)14-16-30/h8-9,18H,4-7,10-17,19-20H2,1-3H3,(H2,25,27,28). The van der Waals surface area contributed by atoms with Gasteiger partial charge >= 0.3 is 0 Å². The minimum atomic E-state index is 0.344. The summed E-state index contributed by atoms with van der Waals surface area (Å²) < 4.78 is 5.37. The Kier molecular flexibility index (Phi) is 9.40.